The van der Waals surface area contributed by atoms with Gasteiger partial charge >= 0.3 is 6.03 Å². The van der Waals surface area contributed by atoms with Gasteiger partial charge in [-0.25, -0.2) is 4.79 Å². The zero-order valence-corrected chi connectivity index (χ0v) is 14.0. The molecule has 0 saturated carbocycles. The maximum Gasteiger partial charge on any atom is 0.327 e. The van der Waals surface area contributed by atoms with E-state index in [2.05, 4.69) is 6.92 Å². The van der Waals surface area contributed by atoms with E-state index in [4.69, 9.17) is 4.74 Å². The number of aliphatic hydroxyl groups excluding tert-OH is 1. The van der Waals surface area contributed by atoms with Crippen LogP contribution in [0, 0.1) is 0 Å². The predicted octanol–water partition coefficient (Wildman–Crippen LogP) is 1.81. The summed E-state index contributed by atoms with van der Waals surface area (Å²) < 4.78 is 5.55. The van der Waals surface area contributed by atoms with Crippen LogP contribution in [0.2, 0.25) is 0 Å². The van der Waals surface area contributed by atoms with E-state index >= 15 is 0 Å². The van der Waals surface area contributed by atoms with Crippen LogP contribution in [0.4, 0.5) is 4.79 Å². The van der Waals surface area contributed by atoms with E-state index in [1.807, 2.05) is 24.3 Å². The lowest BCUT2D eigenvalue weighted by Crippen LogP contribution is -2.40. The number of nitrogens with zero attached hydrogens (tertiary/aromatic N) is 2. The minimum atomic E-state index is -0.898. The van der Waals surface area contributed by atoms with Gasteiger partial charge in [-0.2, -0.15) is 0 Å². The monoisotopic (exact) mass is 332 g/mol. The van der Waals surface area contributed by atoms with Crippen LogP contribution in [0.25, 0.3) is 0 Å². The molecule has 2 atom stereocenters. The van der Waals surface area contributed by atoms with E-state index < -0.39 is 6.10 Å². The first-order valence-corrected chi connectivity index (χ1v) is 8.62. The quantitative estimate of drug-likeness (QED) is 0.807. The Morgan fingerprint density at radius 1 is 1.25 bits per heavy atom. The normalized spacial score (nSPS) is 21.8. The van der Waals surface area contributed by atoms with Crippen molar-refractivity contribution >= 4 is 11.9 Å². The molecule has 6 heteroatoms. The summed E-state index contributed by atoms with van der Waals surface area (Å²) in [5.41, 5.74) is 1.22. The molecule has 2 saturated heterocycles. The molecule has 1 aromatic carbocycles. The Bertz CT molecular complexity index is 578. The van der Waals surface area contributed by atoms with Gasteiger partial charge in [0.05, 0.1) is 6.54 Å². The summed E-state index contributed by atoms with van der Waals surface area (Å²) in [5, 5.41) is 10.2. The summed E-state index contributed by atoms with van der Waals surface area (Å²) in [6.45, 7) is 2.74. The second-order valence-electron chi connectivity index (χ2n) is 6.40. The van der Waals surface area contributed by atoms with Crippen LogP contribution >= 0.6 is 0 Å². The molecule has 6 nitrogen and oxygen atoms in total. The highest BCUT2D eigenvalue weighted by Gasteiger charge is 2.46. The molecule has 0 spiro atoms. The number of rotatable bonds is 6. The number of β-amino-alcohol motifs (C(OH)–C–C–N with tert-alkyl or cyclic N) is 1. The van der Waals surface area contributed by atoms with Crippen LogP contribution in [0.3, 0.4) is 0 Å². The number of piperidine rings is 1. The van der Waals surface area contributed by atoms with E-state index in [-0.39, 0.29) is 31.1 Å². The lowest BCUT2D eigenvalue weighted by molar-refractivity contribution is -0.129. The lowest BCUT2D eigenvalue weighted by Gasteiger charge is -2.26. The van der Waals surface area contributed by atoms with Crippen molar-refractivity contribution in [2.24, 2.45) is 0 Å². The van der Waals surface area contributed by atoms with Gasteiger partial charge in [0.25, 0.3) is 5.91 Å². The first-order valence-electron chi connectivity index (χ1n) is 8.62. The summed E-state index contributed by atoms with van der Waals surface area (Å²) in [6, 6.07) is 7.06. The van der Waals surface area contributed by atoms with Gasteiger partial charge in [0.15, 0.2) is 0 Å². The third-order valence-electron chi connectivity index (χ3n) is 4.70. The van der Waals surface area contributed by atoms with Crippen molar-refractivity contribution in [2.75, 3.05) is 19.7 Å². The zero-order valence-electron chi connectivity index (χ0n) is 14.0. The Balaban J connectivity index is 1.53. The second kappa shape index (κ2) is 7.21. The van der Waals surface area contributed by atoms with Crippen LogP contribution in [0.15, 0.2) is 24.3 Å². The summed E-state index contributed by atoms with van der Waals surface area (Å²) in [7, 11) is 0. The number of ether oxygens (including phenoxy) is 1. The fraction of sp³-hybridized carbons (Fsp3) is 0.556. The highest BCUT2D eigenvalue weighted by Crippen LogP contribution is 2.26. The predicted molar refractivity (Wildman–Crippen MR) is 88.8 cm³/mol. The first kappa shape index (κ1) is 16.8. The number of amides is 3. The smallest absolute Gasteiger partial charge is 0.327 e. The van der Waals surface area contributed by atoms with Gasteiger partial charge in [-0.05, 0) is 43.4 Å². The van der Waals surface area contributed by atoms with Crippen molar-refractivity contribution in [1.29, 1.82) is 0 Å². The molecule has 0 aliphatic carbocycles. The molecule has 1 aromatic rings. The standard InChI is InChI=1S/C18H24N2O4/c1-2-13-6-8-15(9-7-13)24-12-14(21)11-20-17(22)16-5-3-4-10-19(16)18(20)23/h6-9,14,16,21H,2-5,10-12H2,1H3/t14-,16-/m1/s1. The third kappa shape index (κ3) is 3.38. The summed E-state index contributed by atoms with van der Waals surface area (Å²) >= 11 is 0. The maximum absolute atomic E-state index is 12.3. The number of carbonyl (C=O) groups is 2. The number of imide groups is 1. The van der Waals surface area contributed by atoms with Crippen molar-refractivity contribution in [1.82, 2.24) is 9.80 Å². The Labute approximate surface area is 142 Å². The lowest BCUT2D eigenvalue weighted by atomic mass is 10.0. The van der Waals surface area contributed by atoms with Gasteiger partial charge in [0.1, 0.15) is 24.5 Å². The topological polar surface area (TPSA) is 70.1 Å². The molecule has 2 aliphatic rings. The highest BCUT2D eigenvalue weighted by atomic mass is 16.5. The van der Waals surface area contributed by atoms with Crippen molar-refractivity contribution in [3.8, 4) is 5.75 Å². The van der Waals surface area contributed by atoms with Crippen LogP contribution in [-0.2, 0) is 11.2 Å². The first-order chi connectivity index (χ1) is 11.6. The van der Waals surface area contributed by atoms with E-state index in [0.29, 0.717) is 12.3 Å². The van der Waals surface area contributed by atoms with E-state index in [1.54, 1.807) is 4.90 Å². The number of hydrogen-bond acceptors (Lipinski definition) is 4. The molecule has 3 rings (SSSR count). The molecule has 0 aromatic heterocycles. The molecule has 24 heavy (non-hydrogen) atoms. The molecule has 3 amide bonds. The van der Waals surface area contributed by atoms with Gasteiger partial charge in [0, 0.05) is 6.54 Å². The molecule has 130 valence electrons. The third-order valence-corrected chi connectivity index (χ3v) is 4.70. The zero-order chi connectivity index (χ0) is 17.1. The number of aliphatic hydroxyl groups is 1. The van der Waals surface area contributed by atoms with Crippen molar-refractivity contribution in [3.05, 3.63) is 29.8 Å². The number of aryl methyl sites for hydroxylation is 1. The fourth-order valence-electron chi connectivity index (χ4n) is 3.29. The highest BCUT2D eigenvalue weighted by molar-refractivity contribution is 6.04. The minimum absolute atomic E-state index is 0.0162. The molecular formula is C18H24N2O4. The van der Waals surface area contributed by atoms with Crippen molar-refractivity contribution in [3.63, 3.8) is 0 Å². The number of benzene rings is 1. The van der Waals surface area contributed by atoms with Gasteiger partial charge in [-0.15, -0.1) is 0 Å². The molecular weight excluding hydrogens is 308 g/mol. The Morgan fingerprint density at radius 3 is 2.67 bits per heavy atom. The SMILES string of the molecule is CCc1ccc(OC[C@H](O)CN2C(=O)[C@H]3CCCCN3C2=O)cc1. The number of fused-ring (bicyclic) bond motifs is 1. The van der Waals surface area contributed by atoms with Crippen LogP contribution < -0.4 is 4.74 Å². The number of carbonyl (C=O) groups excluding carboxylic acids is 2. The molecule has 2 fully saturated rings. The van der Waals surface area contributed by atoms with E-state index in [1.165, 1.54) is 10.5 Å². The molecule has 0 unspecified atom stereocenters. The largest absolute Gasteiger partial charge is 0.491 e. The fourth-order valence-corrected chi connectivity index (χ4v) is 3.29. The van der Waals surface area contributed by atoms with E-state index in [0.717, 1.165) is 25.7 Å². The van der Waals surface area contributed by atoms with Gasteiger partial charge in [0.2, 0.25) is 0 Å². The van der Waals surface area contributed by atoms with Crippen molar-refractivity contribution < 1.29 is 19.4 Å². The van der Waals surface area contributed by atoms with Crippen LogP contribution in [0.1, 0.15) is 31.7 Å². The number of urea groups is 1. The molecule has 0 bridgehead atoms. The van der Waals surface area contributed by atoms with Crippen molar-refractivity contribution in [2.45, 2.75) is 44.8 Å². The minimum Gasteiger partial charge on any atom is -0.491 e. The van der Waals surface area contributed by atoms with Gasteiger partial charge in [-0.3, -0.25) is 9.69 Å². The summed E-state index contributed by atoms with van der Waals surface area (Å²) in [6.07, 6.45) is 2.68. The Hall–Kier alpha value is -2.08. The molecule has 0 radical (unpaired) electrons. The van der Waals surface area contributed by atoms with E-state index in [9.17, 15) is 14.7 Å². The number of hydrogen-bond donors (Lipinski definition) is 1. The summed E-state index contributed by atoms with van der Waals surface area (Å²) in [4.78, 5) is 27.5. The maximum atomic E-state index is 12.3. The second-order valence-corrected chi connectivity index (χ2v) is 6.40. The Morgan fingerprint density at radius 2 is 2.00 bits per heavy atom. The molecule has 1 N–H and O–H groups in total. The average Bonchev–Trinajstić information content (AvgIpc) is 2.86. The molecule has 2 aliphatic heterocycles. The Kier molecular flexibility index (Phi) is 5.04. The van der Waals surface area contributed by atoms with Gasteiger partial charge in [-0.1, -0.05) is 19.1 Å². The van der Waals surface area contributed by atoms with Crippen LogP contribution in [-0.4, -0.2) is 58.7 Å². The molecule has 2 heterocycles. The average molecular weight is 332 g/mol. The summed E-state index contributed by atoms with van der Waals surface area (Å²) in [5.74, 6) is 0.480. The van der Waals surface area contributed by atoms with Gasteiger partial charge < -0.3 is 14.7 Å². The van der Waals surface area contributed by atoms with Crippen LogP contribution in [0.5, 0.6) is 5.75 Å².